The van der Waals surface area contributed by atoms with E-state index < -0.39 is 0 Å². The van der Waals surface area contributed by atoms with E-state index in [0.717, 1.165) is 12.0 Å². The molecule has 0 aliphatic carbocycles. The number of halogens is 1. The Morgan fingerprint density at radius 2 is 2.05 bits per heavy atom. The highest BCUT2D eigenvalue weighted by Gasteiger charge is 2.04. The third kappa shape index (κ3) is 2.70. The van der Waals surface area contributed by atoms with Gasteiger partial charge in [0.2, 0.25) is 0 Å². The first-order chi connectivity index (χ1) is 9.72. The summed E-state index contributed by atoms with van der Waals surface area (Å²) < 4.78 is 0. The maximum absolute atomic E-state index is 11.9. The molecular weight excluding hydrogens is 274 g/mol. The number of rotatable bonds is 3. The van der Waals surface area contributed by atoms with Crippen molar-refractivity contribution in [3.8, 4) is 0 Å². The van der Waals surface area contributed by atoms with Crippen LogP contribution in [0, 0.1) is 0 Å². The molecule has 2 heterocycles. The predicted octanol–water partition coefficient (Wildman–Crippen LogP) is 2.76. The molecule has 0 aliphatic heterocycles. The van der Waals surface area contributed by atoms with E-state index in [-0.39, 0.29) is 5.56 Å². The summed E-state index contributed by atoms with van der Waals surface area (Å²) in [5.41, 5.74) is 1.45. The Balaban J connectivity index is 1.86. The Labute approximate surface area is 120 Å². The van der Waals surface area contributed by atoms with Gasteiger partial charge in [-0.2, -0.15) is 0 Å². The highest BCUT2D eigenvalue weighted by molar-refractivity contribution is 6.30. The van der Waals surface area contributed by atoms with Crippen LogP contribution in [0.2, 0.25) is 5.02 Å². The second-order valence-electron chi connectivity index (χ2n) is 4.52. The van der Waals surface area contributed by atoms with Gasteiger partial charge in [-0.05, 0) is 36.2 Å². The number of aryl methyl sites for hydroxylation is 2. The first-order valence-corrected chi connectivity index (χ1v) is 6.68. The zero-order valence-electron chi connectivity index (χ0n) is 10.6. The van der Waals surface area contributed by atoms with E-state index in [0.29, 0.717) is 28.3 Å². The Kier molecular flexibility index (Phi) is 3.48. The van der Waals surface area contributed by atoms with Gasteiger partial charge in [0.05, 0.1) is 5.39 Å². The number of fused-ring (bicyclic) bond motifs is 1. The zero-order chi connectivity index (χ0) is 13.9. The molecule has 20 heavy (non-hydrogen) atoms. The number of nitrogens with zero attached hydrogens (tertiary/aromatic N) is 2. The van der Waals surface area contributed by atoms with E-state index >= 15 is 0 Å². The SMILES string of the molecule is O=c1[nH]c(CCc2cccc(Cl)c2)nc2ncccc12. The maximum Gasteiger partial charge on any atom is 0.260 e. The summed E-state index contributed by atoms with van der Waals surface area (Å²) in [5.74, 6) is 0.640. The average molecular weight is 286 g/mol. The molecule has 0 radical (unpaired) electrons. The normalized spacial score (nSPS) is 10.8. The number of pyridine rings is 1. The summed E-state index contributed by atoms with van der Waals surface area (Å²) in [7, 11) is 0. The number of hydrogen-bond donors (Lipinski definition) is 1. The van der Waals surface area contributed by atoms with E-state index in [1.807, 2.05) is 24.3 Å². The lowest BCUT2D eigenvalue weighted by Gasteiger charge is -2.03. The van der Waals surface area contributed by atoms with Crippen LogP contribution in [0.3, 0.4) is 0 Å². The van der Waals surface area contributed by atoms with Crippen LogP contribution in [0.4, 0.5) is 0 Å². The summed E-state index contributed by atoms with van der Waals surface area (Å²) >= 11 is 5.95. The van der Waals surface area contributed by atoms with Gasteiger partial charge in [0.25, 0.3) is 5.56 Å². The van der Waals surface area contributed by atoms with Crippen LogP contribution in [0.1, 0.15) is 11.4 Å². The molecule has 0 atom stereocenters. The zero-order valence-corrected chi connectivity index (χ0v) is 11.4. The van der Waals surface area contributed by atoms with Gasteiger partial charge in [-0.15, -0.1) is 0 Å². The lowest BCUT2D eigenvalue weighted by molar-refractivity contribution is 0.857. The molecular formula is C15H12ClN3O. The maximum atomic E-state index is 11.9. The van der Waals surface area contributed by atoms with E-state index in [1.165, 1.54) is 0 Å². The van der Waals surface area contributed by atoms with Gasteiger partial charge in [-0.3, -0.25) is 4.79 Å². The Morgan fingerprint density at radius 1 is 1.15 bits per heavy atom. The molecule has 1 N–H and O–H groups in total. The van der Waals surface area contributed by atoms with Crippen molar-refractivity contribution in [2.24, 2.45) is 0 Å². The van der Waals surface area contributed by atoms with Crippen molar-refractivity contribution in [3.05, 3.63) is 69.4 Å². The van der Waals surface area contributed by atoms with E-state index in [4.69, 9.17) is 11.6 Å². The molecule has 0 fully saturated rings. The number of H-pyrrole nitrogens is 1. The van der Waals surface area contributed by atoms with E-state index in [9.17, 15) is 4.79 Å². The molecule has 3 rings (SSSR count). The van der Waals surface area contributed by atoms with Crippen LogP contribution in [-0.4, -0.2) is 15.0 Å². The fourth-order valence-corrected chi connectivity index (χ4v) is 2.30. The number of aromatic amines is 1. The van der Waals surface area contributed by atoms with Gasteiger partial charge in [0, 0.05) is 17.6 Å². The summed E-state index contributed by atoms with van der Waals surface area (Å²) in [6.07, 6.45) is 3.04. The third-order valence-corrected chi connectivity index (χ3v) is 3.30. The van der Waals surface area contributed by atoms with Crippen LogP contribution in [-0.2, 0) is 12.8 Å². The third-order valence-electron chi connectivity index (χ3n) is 3.07. The fraction of sp³-hybridized carbons (Fsp3) is 0.133. The second kappa shape index (κ2) is 5.43. The van der Waals surface area contributed by atoms with Crippen LogP contribution >= 0.6 is 11.6 Å². The van der Waals surface area contributed by atoms with Crippen molar-refractivity contribution in [3.63, 3.8) is 0 Å². The van der Waals surface area contributed by atoms with Crippen molar-refractivity contribution in [2.75, 3.05) is 0 Å². The molecule has 5 heteroatoms. The predicted molar refractivity (Wildman–Crippen MR) is 79.0 cm³/mol. The van der Waals surface area contributed by atoms with Crippen LogP contribution < -0.4 is 5.56 Å². The number of hydrogen-bond acceptors (Lipinski definition) is 3. The van der Waals surface area contributed by atoms with Crippen LogP contribution in [0.5, 0.6) is 0 Å². The molecule has 0 amide bonds. The summed E-state index contributed by atoms with van der Waals surface area (Å²) in [4.78, 5) is 23.2. The van der Waals surface area contributed by atoms with Crippen molar-refractivity contribution in [1.82, 2.24) is 15.0 Å². The summed E-state index contributed by atoms with van der Waals surface area (Å²) in [6, 6.07) is 11.1. The second-order valence-corrected chi connectivity index (χ2v) is 4.95. The van der Waals surface area contributed by atoms with Gasteiger partial charge < -0.3 is 4.98 Å². The Hall–Kier alpha value is -2.20. The largest absolute Gasteiger partial charge is 0.310 e. The molecule has 0 bridgehead atoms. The average Bonchev–Trinajstić information content (AvgIpc) is 2.45. The van der Waals surface area contributed by atoms with Crippen molar-refractivity contribution >= 4 is 22.6 Å². The highest BCUT2D eigenvalue weighted by Crippen LogP contribution is 2.12. The molecule has 1 aromatic carbocycles. The summed E-state index contributed by atoms with van der Waals surface area (Å²) in [6.45, 7) is 0. The molecule has 100 valence electrons. The molecule has 0 aliphatic rings. The smallest absolute Gasteiger partial charge is 0.260 e. The quantitative estimate of drug-likeness (QED) is 0.805. The topological polar surface area (TPSA) is 58.6 Å². The summed E-state index contributed by atoms with van der Waals surface area (Å²) in [5, 5.41) is 1.23. The fourth-order valence-electron chi connectivity index (χ4n) is 2.09. The van der Waals surface area contributed by atoms with Gasteiger partial charge in [0.1, 0.15) is 5.82 Å². The van der Waals surface area contributed by atoms with Gasteiger partial charge in [0.15, 0.2) is 5.65 Å². The van der Waals surface area contributed by atoms with E-state index in [1.54, 1.807) is 18.3 Å². The lowest BCUT2D eigenvalue weighted by Crippen LogP contribution is -2.13. The van der Waals surface area contributed by atoms with Gasteiger partial charge in [-0.25, -0.2) is 9.97 Å². The molecule has 2 aromatic heterocycles. The van der Waals surface area contributed by atoms with Crippen molar-refractivity contribution in [2.45, 2.75) is 12.8 Å². The number of benzene rings is 1. The first-order valence-electron chi connectivity index (χ1n) is 6.31. The Morgan fingerprint density at radius 3 is 2.90 bits per heavy atom. The molecule has 0 spiro atoms. The number of aromatic nitrogens is 3. The molecule has 0 saturated carbocycles. The minimum atomic E-state index is -0.149. The van der Waals surface area contributed by atoms with Crippen molar-refractivity contribution < 1.29 is 0 Å². The molecule has 3 aromatic rings. The number of nitrogens with one attached hydrogen (secondary N) is 1. The monoisotopic (exact) mass is 285 g/mol. The Bertz CT molecular complexity index is 813. The highest BCUT2D eigenvalue weighted by atomic mass is 35.5. The standard InChI is InChI=1S/C15H12ClN3O/c16-11-4-1-3-10(9-11)6-7-13-18-14-12(15(20)19-13)5-2-8-17-14/h1-5,8-9H,6-7H2,(H,17,18,19,20). The van der Waals surface area contributed by atoms with Crippen LogP contribution in [0.15, 0.2) is 47.4 Å². The van der Waals surface area contributed by atoms with E-state index in [2.05, 4.69) is 15.0 Å². The molecule has 0 unspecified atom stereocenters. The van der Waals surface area contributed by atoms with Crippen molar-refractivity contribution in [1.29, 1.82) is 0 Å². The van der Waals surface area contributed by atoms with Gasteiger partial charge in [-0.1, -0.05) is 23.7 Å². The van der Waals surface area contributed by atoms with Crippen LogP contribution in [0.25, 0.3) is 11.0 Å². The first kappa shape index (κ1) is 12.8. The minimum Gasteiger partial charge on any atom is -0.310 e. The lowest BCUT2D eigenvalue weighted by atomic mass is 10.1. The molecule has 4 nitrogen and oxygen atoms in total. The minimum absolute atomic E-state index is 0.149. The van der Waals surface area contributed by atoms with Gasteiger partial charge >= 0.3 is 0 Å². The molecule has 0 saturated heterocycles.